The molecule has 1 fully saturated rings. The Labute approximate surface area is 110 Å². The van der Waals surface area contributed by atoms with E-state index in [-0.39, 0.29) is 12.2 Å². The van der Waals surface area contributed by atoms with Crippen LogP contribution in [0.3, 0.4) is 0 Å². The Morgan fingerprint density at radius 3 is 2.72 bits per heavy atom. The minimum atomic E-state index is 0.0740. The highest BCUT2D eigenvalue weighted by molar-refractivity contribution is 6.35. The maximum Gasteiger partial charge on any atom is 0.144 e. The zero-order chi connectivity index (χ0) is 13.1. The highest BCUT2D eigenvalue weighted by atomic mass is 16.6. The predicted molar refractivity (Wildman–Crippen MR) is 74.5 cm³/mol. The van der Waals surface area contributed by atoms with Gasteiger partial charge < -0.3 is 14.2 Å². The number of epoxide rings is 1. The molecule has 1 aromatic rings. The Morgan fingerprint density at radius 1 is 1.39 bits per heavy atom. The Bertz CT molecular complexity index is 402. The molecule has 18 heavy (non-hydrogen) atoms. The van der Waals surface area contributed by atoms with E-state index in [9.17, 15) is 0 Å². The van der Waals surface area contributed by atoms with Crippen molar-refractivity contribution in [3.8, 4) is 5.75 Å². The Morgan fingerprint density at radius 2 is 2.11 bits per heavy atom. The van der Waals surface area contributed by atoms with Crippen molar-refractivity contribution in [3.63, 3.8) is 0 Å². The highest BCUT2D eigenvalue weighted by Gasteiger charge is 2.24. The van der Waals surface area contributed by atoms with Gasteiger partial charge in [-0.1, -0.05) is 12.1 Å². The van der Waals surface area contributed by atoms with E-state index in [1.165, 1.54) is 5.56 Å². The first-order valence-corrected chi connectivity index (χ1v) is 6.57. The normalized spacial score (nSPS) is 19.9. The Balaban J connectivity index is 2.05. The van der Waals surface area contributed by atoms with Gasteiger partial charge in [-0.15, -0.1) is 0 Å². The molecule has 0 unspecified atom stereocenters. The summed E-state index contributed by atoms with van der Waals surface area (Å²) in [5.74, 6) is 0.945. The van der Waals surface area contributed by atoms with Crippen LogP contribution in [-0.4, -0.2) is 33.3 Å². The smallest absolute Gasteiger partial charge is 0.144 e. The van der Waals surface area contributed by atoms with E-state index in [1.54, 1.807) is 0 Å². The van der Waals surface area contributed by atoms with Crippen LogP contribution in [0.4, 0.5) is 0 Å². The minimum Gasteiger partial charge on any atom is -0.492 e. The molecule has 0 aliphatic carbocycles. The molecule has 0 radical (unpaired) electrons. The average Bonchev–Trinajstić information content (AvgIpc) is 3.12. The second kappa shape index (κ2) is 5.76. The number of ether oxygens (including phenoxy) is 3. The Hall–Kier alpha value is -0.995. The molecule has 1 aliphatic rings. The van der Waals surface area contributed by atoms with E-state index < -0.39 is 0 Å². The summed E-state index contributed by atoms with van der Waals surface area (Å²) in [6, 6.07) is 6.13. The molecule has 1 aliphatic heterocycles. The van der Waals surface area contributed by atoms with Gasteiger partial charge >= 0.3 is 0 Å². The quantitative estimate of drug-likeness (QED) is 0.560. The van der Waals surface area contributed by atoms with Crippen LogP contribution in [0.1, 0.15) is 32.4 Å². The lowest BCUT2D eigenvalue weighted by atomic mass is 9.87. The highest BCUT2D eigenvalue weighted by Crippen LogP contribution is 2.21. The van der Waals surface area contributed by atoms with Crippen LogP contribution in [0.5, 0.6) is 5.75 Å². The van der Waals surface area contributed by atoms with Gasteiger partial charge in [-0.25, -0.2) is 0 Å². The molecule has 0 saturated carbocycles. The SMILES string of the molecule is Bc1c(OC(C)C)cccc1[C@@H](C)OC[C@H]1CO1. The number of hydrogen-bond donors (Lipinski definition) is 0. The fourth-order valence-corrected chi connectivity index (χ4v) is 1.96. The number of benzene rings is 1. The van der Waals surface area contributed by atoms with Gasteiger partial charge in [0.2, 0.25) is 0 Å². The first-order chi connectivity index (χ1) is 8.58. The summed E-state index contributed by atoms with van der Waals surface area (Å²) in [4.78, 5) is 0. The second-order valence-corrected chi connectivity index (χ2v) is 5.07. The lowest BCUT2D eigenvalue weighted by Gasteiger charge is -2.19. The summed E-state index contributed by atoms with van der Waals surface area (Å²) in [6.07, 6.45) is 0.572. The molecule has 0 spiro atoms. The molecule has 0 N–H and O–H groups in total. The van der Waals surface area contributed by atoms with Gasteiger partial charge in [0, 0.05) is 0 Å². The zero-order valence-electron chi connectivity index (χ0n) is 11.6. The zero-order valence-corrected chi connectivity index (χ0v) is 11.6. The van der Waals surface area contributed by atoms with E-state index in [4.69, 9.17) is 14.2 Å². The lowest BCUT2D eigenvalue weighted by Crippen LogP contribution is -2.21. The molecule has 1 heterocycles. The van der Waals surface area contributed by atoms with Crippen molar-refractivity contribution < 1.29 is 14.2 Å². The minimum absolute atomic E-state index is 0.0740. The standard InChI is InChI=1S/C14H21BO3/c1-9(2)18-13-6-4-5-12(14(13)15)10(3)16-7-11-8-17-11/h4-6,9-11H,7-8,15H2,1-3H3/t10-,11+/m1/s1. The number of rotatable bonds is 6. The molecular formula is C14H21BO3. The van der Waals surface area contributed by atoms with Crippen molar-refractivity contribution in [2.45, 2.75) is 39.1 Å². The fourth-order valence-electron chi connectivity index (χ4n) is 1.96. The van der Waals surface area contributed by atoms with Gasteiger partial charge in [0.25, 0.3) is 0 Å². The van der Waals surface area contributed by atoms with Gasteiger partial charge in [0.1, 0.15) is 19.7 Å². The van der Waals surface area contributed by atoms with Gasteiger partial charge in [-0.05, 0) is 37.9 Å². The Kier molecular flexibility index (Phi) is 4.30. The monoisotopic (exact) mass is 248 g/mol. The first-order valence-electron chi connectivity index (χ1n) is 6.57. The van der Waals surface area contributed by atoms with Gasteiger partial charge in [-0.2, -0.15) is 0 Å². The van der Waals surface area contributed by atoms with E-state index in [2.05, 4.69) is 20.8 Å². The van der Waals surface area contributed by atoms with Crippen LogP contribution in [0.25, 0.3) is 0 Å². The third-order valence-electron chi connectivity index (χ3n) is 3.06. The summed E-state index contributed by atoms with van der Waals surface area (Å²) < 4.78 is 16.8. The van der Waals surface area contributed by atoms with Crippen LogP contribution in [0, 0.1) is 0 Å². The maximum atomic E-state index is 5.81. The molecule has 0 bridgehead atoms. The summed E-state index contributed by atoms with van der Waals surface area (Å²) in [6.45, 7) is 7.66. The molecule has 0 amide bonds. The molecule has 2 atom stereocenters. The van der Waals surface area contributed by atoms with Crippen molar-refractivity contribution in [1.29, 1.82) is 0 Å². The topological polar surface area (TPSA) is 31.0 Å². The first kappa shape index (κ1) is 13.4. The molecule has 98 valence electrons. The largest absolute Gasteiger partial charge is 0.492 e. The molecular weight excluding hydrogens is 227 g/mol. The van der Waals surface area contributed by atoms with E-state index in [0.717, 1.165) is 17.8 Å². The summed E-state index contributed by atoms with van der Waals surface area (Å²) in [7, 11) is 2.08. The van der Waals surface area contributed by atoms with Crippen LogP contribution in [-0.2, 0) is 9.47 Å². The van der Waals surface area contributed by atoms with E-state index >= 15 is 0 Å². The molecule has 1 saturated heterocycles. The van der Waals surface area contributed by atoms with Gasteiger partial charge in [0.15, 0.2) is 0 Å². The summed E-state index contributed by atoms with van der Waals surface area (Å²) in [5.41, 5.74) is 2.35. The third-order valence-corrected chi connectivity index (χ3v) is 3.06. The van der Waals surface area contributed by atoms with Crippen LogP contribution >= 0.6 is 0 Å². The fraction of sp³-hybridized carbons (Fsp3) is 0.571. The van der Waals surface area contributed by atoms with Crippen molar-refractivity contribution >= 4 is 13.3 Å². The summed E-state index contributed by atoms with van der Waals surface area (Å²) >= 11 is 0. The predicted octanol–water partition coefficient (Wildman–Crippen LogP) is 1.21. The molecule has 0 aromatic heterocycles. The molecule has 4 heteroatoms. The van der Waals surface area contributed by atoms with Crippen molar-refractivity contribution in [2.75, 3.05) is 13.2 Å². The average molecular weight is 248 g/mol. The van der Waals surface area contributed by atoms with Crippen molar-refractivity contribution in [3.05, 3.63) is 23.8 Å². The van der Waals surface area contributed by atoms with Crippen molar-refractivity contribution in [2.24, 2.45) is 0 Å². The van der Waals surface area contributed by atoms with Crippen LogP contribution < -0.4 is 10.2 Å². The third kappa shape index (κ3) is 3.50. The maximum absolute atomic E-state index is 5.81. The lowest BCUT2D eigenvalue weighted by molar-refractivity contribution is 0.0544. The molecule has 2 rings (SSSR count). The number of hydrogen-bond acceptors (Lipinski definition) is 3. The van der Waals surface area contributed by atoms with E-state index in [1.807, 2.05) is 26.0 Å². The second-order valence-electron chi connectivity index (χ2n) is 5.07. The molecule has 3 nitrogen and oxygen atoms in total. The molecule has 1 aromatic carbocycles. The van der Waals surface area contributed by atoms with Crippen LogP contribution in [0.15, 0.2) is 18.2 Å². The van der Waals surface area contributed by atoms with E-state index in [0.29, 0.717) is 12.7 Å². The van der Waals surface area contributed by atoms with Crippen LogP contribution in [0.2, 0.25) is 0 Å². The van der Waals surface area contributed by atoms with Gasteiger partial charge in [0.05, 0.1) is 25.4 Å². The van der Waals surface area contributed by atoms with Gasteiger partial charge in [-0.3, -0.25) is 0 Å². The van der Waals surface area contributed by atoms with Crippen molar-refractivity contribution in [1.82, 2.24) is 0 Å². The summed E-state index contributed by atoms with van der Waals surface area (Å²) in [5, 5.41) is 0.